The Morgan fingerprint density at radius 3 is 2.56 bits per heavy atom. The summed E-state index contributed by atoms with van der Waals surface area (Å²) in [5, 5.41) is 8.54. The third kappa shape index (κ3) is 4.46. The van der Waals surface area contributed by atoms with Crippen molar-refractivity contribution in [2.24, 2.45) is 11.3 Å². The van der Waals surface area contributed by atoms with Gasteiger partial charge in [0.2, 0.25) is 17.7 Å². The van der Waals surface area contributed by atoms with Crippen LogP contribution < -0.4 is 0 Å². The molecule has 0 saturated carbocycles. The van der Waals surface area contributed by atoms with E-state index in [1.54, 1.807) is 0 Å². The van der Waals surface area contributed by atoms with Crippen LogP contribution in [0.4, 0.5) is 0 Å². The summed E-state index contributed by atoms with van der Waals surface area (Å²) in [5.41, 5.74) is 1.47. The molecule has 1 atom stereocenters. The number of amides is 1. The Kier molecular flexibility index (Phi) is 6.28. The van der Waals surface area contributed by atoms with E-state index in [-0.39, 0.29) is 17.3 Å². The number of carbonyl (C=O) groups excluding carboxylic acids is 1. The van der Waals surface area contributed by atoms with Gasteiger partial charge in [0.15, 0.2) is 0 Å². The maximum atomic E-state index is 13.1. The first kappa shape index (κ1) is 21.6. The molecule has 5 rings (SSSR count). The lowest BCUT2D eigenvalue weighted by Crippen LogP contribution is -2.48. The minimum atomic E-state index is 0.0993. The summed E-state index contributed by atoms with van der Waals surface area (Å²) in [6.45, 7) is 7.94. The second kappa shape index (κ2) is 9.32. The van der Waals surface area contributed by atoms with Gasteiger partial charge in [-0.1, -0.05) is 30.3 Å². The first-order chi connectivity index (χ1) is 15.6. The number of rotatable bonds is 5. The lowest BCUT2D eigenvalue weighted by Gasteiger charge is -2.43. The molecule has 7 heteroatoms. The highest BCUT2D eigenvalue weighted by molar-refractivity contribution is 5.79. The Morgan fingerprint density at radius 1 is 1.12 bits per heavy atom. The lowest BCUT2D eigenvalue weighted by molar-refractivity contribution is -0.141. The zero-order chi connectivity index (χ0) is 22.0. The third-order valence-electron chi connectivity index (χ3n) is 7.76. The summed E-state index contributed by atoms with van der Waals surface area (Å²) in [4.78, 5) is 17.7. The molecule has 3 fully saturated rings. The average molecular weight is 439 g/mol. The topological polar surface area (TPSA) is 71.7 Å². The van der Waals surface area contributed by atoms with Crippen LogP contribution in [0.15, 0.2) is 34.7 Å². The summed E-state index contributed by atoms with van der Waals surface area (Å²) < 4.78 is 11.4. The van der Waals surface area contributed by atoms with E-state index < -0.39 is 0 Å². The molecule has 0 aliphatic carbocycles. The van der Waals surface area contributed by atoms with Gasteiger partial charge in [-0.15, -0.1) is 10.2 Å². The van der Waals surface area contributed by atoms with Crippen LogP contribution in [0, 0.1) is 18.3 Å². The fourth-order valence-corrected chi connectivity index (χ4v) is 5.85. The second-order valence-corrected chi connectivity index (χ2v) is 9.76. The predicted octanol–water partition coefficient (Wildman–Crippen LogP) is 3.06. The highest BCUT2D eigenvalue weighted by Crippen LogP contribution is 2.49. The van der Waals surface area contributed by atoms with Gasteiger partial charge in [0.05, 0.1) is 5.92 Å². The zero-order valence-corrected chi connectivity index (χ0v) is 19.0. The van der Waals surface area contributed by atoms with Gasteiger partial charge in [0.25, 0.3) is 0 Å². The van der Waals surface area contributed by atoms with E-state index in [2.05, 4.69) is 50.3 Å². The van der Waals surface area contributed by atoms with Gasteiger partial charge in [-0.05, 0) is 43.1 Å². The summed E-state index contributed by atoms with van der Waals surface area (Å²) in [5.74, 6) is 2.10. The molecule has 1 spiro atoms. The molecule has 172 valence electrons. The molecule has 3 aliphatic heterocycles. The fourth-order valence-electron chi connectivity index (χ4n) is 5.85. The molecule has 1 amide bonds. The quantitative estimate of drug-likeness (QED) is 0.715. The van der Waals surface area contributed by atoms with Gasteiger partial charge in [-0.3, -0.25) is 4.79 Å². The Morgan fingerprint density at radius 2 is 1.88 bits per heavy atom. The summed E-state index contributed by atoms with van der Waals surface area (Å²) >= 11 is 0. The van der Waals surface area contributed by atoms with E-state index in [4.69, 9.17) is 9.15 Å². The van der Waals surface area contributed by atoms with Crippen LogP contribution in [0.5, 0.6) is 0 Å². The first-order valence-corrected chi connectivity index (χ1v) is 12.1. The van der Waals surface area contributed by atoms with Gasteiger partial charge < -0.3 is 19.0 Å². The van der Waals surface area contributed by atoms with Crippen molar-refractivity contribution in [1.29, 1.82) is 0 Å². The maximum absolute atomic E-state index is 13.1. The first-order valence-electron chi connectivity index (χ1n) is 12.1. The molecule has 0 radical (unpaired) electrons. The van der Waals surface area contributed by atoms with Crippen LogP contribution in [0.3, 0.4) is 0 Å². The number of carbonyl (C=O) groups is 1. The normalized spacial score (nSPS) is 24.3. The molecule has 1 aromatic heterocycles. The SMILES string of the molecule is Cc1nnc(C2CN(CCc3ccccc3)CC23CCN(C(=O)C2CCOCC2)CC3)o1. The zero-order valence-electron chi connectivity index (χ0n) is 19.0. The predicted molar refractivity (Wildman–Crippen MR) is 120 cm³/mol. The minimum Gasteiger partial charge on any atom is -0.425 e. The van der Waals surface area contributed by atoms with Crippen molar-refractivity contribution in [2.45, 2.75) is 44.9 Å². The highest BCUT2D eigenvalue weighted by atomic mass is 16.5. The van der Waals surface area contributed by atoms with Crippen molar-refractivity contribution >= 4 is 5.91 Å². The number of aryl methyl sites for hydroxylation is 1. The lowest BCUT2D eigenvalue weighted by atomic mass is 9.70. The van der Waals surface area contributed by atoms with Crippen molar-refractivity contribution < 1.29 is 13.9 Å². The molecular formula is C25H34N4O3. The Bertz CT molecular complexity index is 901. The van der Waals surface area contributed by atoms with E-state index in [0.29, 0.717) is 25.0 Å². The summed E-state index contributed by atoms with van der Waals surface area (Å²) in [6, 6.07) is 10.7. The van der Waals surface area contributed by atoms with Crippen molar-refractivity contribution in [3.05, 3.63) is 47.7 Å². The van der Waals surface area contributed by atoms with Crippen molar-refractivity contribution in [1.82, 2.24) is 20.0 Å². The van der Waals surface area contributed by atoms with Crippen LogP contribution in [-0.4, -0.2) is 71.8 Å². The maximum Gasteiger partial charge on any atom is 0.225 e. The number of nitrogens with zero attached hydrogens (tertiary/aromatic N) is 4. The highest BCUT2D eigenvalue weighted by Gasteiger charge is 2.51. The summed E-state index contributed by atoms with van der Waals surface area (Å²) in [6.07, 6.45) is 4.75. The van der Waals surface area contributed by atoms with E-state index in [1.807, 2.05) is 6.92 Å². The van der Waals surface area contributed by atoms with Crippen LogP contribution >= 0.6 is 0 Å². The number of piperidine rings is 1. The molecule has 1 unspecified atom stereocenters. The van der Waals surface area contributed by atoms with Gasteiger partial charge >= 0.3 is 0 Å². The van der Waals surface area contributed by atoms with Gasteiger partial charge in [-0.25, -0.2) is 0 Å². The molecule has 32 heavy (non-hydrogen) atoms. The molecule has 1 aromatic carbocycles. The molecule has 7 nitrogen and oxygen atoms in total. The summed E-state index contributed by atoms with van der Waals surface area (Å²) in [7, 11) is 0. The standard InChI is InChI=1S/C25H34N4O3/c1-19-26-27-23(32-19)22-17-28(12-7-20-5-3-2-4-6-20)18-25(22)10-13-29(14-11-25)24(30)21-8-15-31-16-9-21/h2-6,21-22H,7-18H2,1H3. The smallest absolute Gasteiger partial charge is 0.225 e. The largest absolute Gasteiger partial charge is 0.425 e. The molecule has 4 heterocycles. The molecule has 3 saturated heterocycles. The molecule has 0 N–H and O–H groups in total. The molecular weight excluding hydrogens is 404 g/mol. The van der Waals surface area contributed by atoms with E-state index in [0.717, 1.165) is 70.7 Å². The van der Waals surface area contributed by atoms with Gasteiger partial charge in [-0.2, -0.15) is 0 Å². The molecule has 2 aromatic rings. The fraction of sp³-hybridized carbons (Fsp3) is 0.640. The second-order valence-electron chi connectivity index (χ2n) is 9.76. The number of ether oxygens (including phenoxy) is 1. The van der Waals surface area contributed by atoms with Crippen LogP contribution in [0.1, 0.15) is 48.9 Å². The number of hydrogen-bond acceptors (Lipinski definition) is 6. The Hall–Kier alpha value is -2.25. The Labute approximate surface area is 190 Å². The van der Waals surface area contributed by atoms with Gasteiger partial charge in [0, 0.05) is 58.8 Å². The number of benzene rings is 1. The number of aromatic nitrogens is 2. The Balaban J connectivity index is 1.27. The van der Waals surface area contributed by atoms with Crippen molar-refractivity contribution in [2.75, 3.05) is 45.9 Å². The monoisotopic (exact) mass is 438 g/mol. The van der Waals surface area contributed by atoms with Crippen molar-refractivity contribution in [3.63, 3.8) is 0 Å². The van der Waals surface area contributed by atoms with Crippen LogP contribution in [0.25, 0.3) is 0 Å². The van der Waals surface area contributed by atoms with Crippen LogP contribution in [-0.2, 0) is 16.0 Å². The van der Waals surface area contributed by atoms with Crippen molar-refractivity contribution in [3.8, 4) is 0 Å². The van der Waals surface area contributed by atoms with E-state index >= 15 is 0 Å². The minimum absolute atomic E-state index is 0.0993. The third-order valence-corrected chi connectivity index (χ3v) is 7.76. The number of likely N-dealkylation sites (tertiary alicyclic amines) is 2. The average Bonchev–Trinajstić information content (AvgIpc) is 3.42. The van der Waals surface area contributed by atoms with Crippen LogP contribution in [0.2, 0.25) is 0 Å². The molecule has 0 bridgehead atoms. The van der Waals surface area contributed by atoms with E-state index in [9.17, 15) is 4.79 Å². The number of hydrogen-bond donors (Lipinski definition) is 0. The van der Waals surface area contributed by atoms with Gasteiger partial charge in [0.1, 0.15) is 0 Å². The van der Waals surface area contributed by atoms with E-state index in [1.165, 1.54) is 5.56 Å². The molecule has 3 aliphatic rings.